The zero-order chi connectivity index (χ0) is 20.8. The quantitative estimate of drug-likeness (QED) is 0.466. The van der Waals surface area contributed by atoms with Crippen LogP contribution in [0.3, 0.4) is 0 Å². The fraction of sp³-hybridized carbons (Fsp3) is 0.167. The van der Waals surface area contributed by atoms with Crippen molar-refractivity contribution in [3.05, 3.63) is 71.8 Å². The van der Waals surface area contributed by atoms with Gasteiger partial charge in [0.25, 0.3) is 5.91 Å². The molecular formula is C24H23N3O2. The third kappa shape index (κ3) is 4.39. The molecule has 0 unspecified atom stereocenters. The Morgan fingerprint density at radius 2 is 1.76 bits per heavy atom. The molecule has 1 amide bonds. The normalized spacial score (nSPS) is 11.1. The van der Waals surface area contributed by atoms with Crippen LogP contribution in [0.15, 0.2) is 66.2 Å². The third-order valence-electron chi connectivity index (χ3n) is 4.86. The Morgan fingerprint density at radius 1 is 1.07 bits per heavy atom. The number of aromatic hydroxyl groups is 1. The maximum Gasteiger partial charge on any atom is 0.266 e. The molecule has 3 aromatic carbocycles. The number of rotatable bonds is 6. The zero-order valence-corrected chi connectivity index (χ0v) is 16.5. The van der Waals surface area contributed by atoms with E-state index in [0.717, 1.165) is 29.5 Å². The number of phenols is 1. The number of benzene rings is 3. The first kappa shape index (κ1) is 20.0. The van der Waals surface area contributed by atoms with Gasteiger partial charge in [-0.05, 0) is 61.0 Å². The van der Waals surface area contributed by atoms with Gasteiger partial charge in [-0.1, -0.05) is 30.3 Å². The number of phenolic OH excluding ortho intramolecular Hbond substituents is 1. The van der Waals surface area contributed by atoms with E-state index in [2.05, 4.69) is 24.1 Å². The standard InChI is InChI=1S/C24H23N3O2/c1-3-27(4-2)20-12-10-19(11-13-20)26-24(29)18(16-25)15-22-21-8-6-5-7-17(21)9-14-23(22)28/h5-15,28H,3-4H2,1-2H3,(H,26,29)/b18-15-. The summed E-state index contributed by atoms with van der Waals surface area (Å²) in [6.45, 7) is 5.98. The number of nitrogens with one attached hydrogen (secondary N) is 1. The summed E-state index contributed by atoms with van der Waals surface area (Å²) in [6, 6.07) is 20.3. The molecule has 3 rings (SSSR count). The van der Waals surface area contributed by atoms with Gasteiger partial charge in [-0.25, -0.2) is 0 Å². The molecule has 0 aliphatic carbocycles. The number of carbonyl (C=O) groups excluding carboxylic acids is 1. The molecule has 0 heterocycles. The molecule has 0 atom stereocenters. The maximum absolute atomic E-state index is 12.6. The Labute approximate surface area is 170 Å². The van der Waals surface area contributed by atoms with Crippen molar-refractivity contribution in [2.45, 2.75) is 13.8 Å². The summed E-state index contributed by atoms with van der Waals surface area (Å²) in [5.74, 6) is -0.497. The summed E-state index contributed by atoms with van der Waals surface area (Å²) in [7, 11) is 0. The molecule has 0 aromatic heterocycles. The molecule has 0 saturated carbocycles. The molecule has 0 fully saturated rings. The summed E-state index contributed by atoms with van der Waals surface area (Å²) in [5, 5.41) is 24.2. The van der Waals surface area contributed by atoms with E-state index in [0.29, 0.717) is 11.3 Å². The fourth-order valence-corrected chi connectivity index (χ4v) is 3.27. The van der Waals surface area contributed by atoms with Crippen molar-refractivity contribution in [3.8, 4) is 11.8 Å². The van der Waals surface area contributed by atoms with Crippen molar-refractivity contribution in [1.82, 2.24) is 0 Å². The first-order valence-corrected chi connectivity index (χ1v) is 9.56. The Kier molecular flexibility index (Phi) is 6.16. The zero-order valence-electron chi connectivity index (χ0n) is 16.5. The van der Waals surface area contributed by atoms with Crippen molar-refractivity contribution in [2.75, 3.05) is 23.3 Å². The van der Waals surface area contributed by atoms with Crippen LogP contribution in [0.1, 0.15) is 19.4 Å². The van der Waals surface area contributed by atoms with Crippen LogP contribution in [0.4, 0.5) is 11.4 Å². The number of anilines is 2. The SMILES string of the molecule is CCN(CC)c1ccc(NC(=O)/C(C#N)=C\c2c(O)ccc3ccccc23)cc1. The molecule has 0 aliphatic heterocycles. The van der Waals surface area contributed by atoms with Gasteiger partial charge in [-0.2, -0.15) is 5.26 Å². The molecule has 29 heavy (non-hydrogen) atoms. The van der Waals surface area contributed by atoms with Gasteiger partial charge < -0.3 is 15.3 Å². The van der Waals surface area contributed by atoms with Crippen molar-refractivity contribution < 1.29 is 9.90 Å². The van der Waals surface area contributed by atoms with Gasteiger partial charge in [0.05, 0.1) is 0 Å². The molecule has 146 valence electrons. The summed E-state index contributed by atoms with van der Waals surface area (Å²) >= 11 is 0. The minimum atomic E-state index is -0.518. The van der Waals surface area contributed by atoms with E-state index < -0.39 is 5.91 Å². The highest BCUT2D eigenvalue weighted by Gasteiger charge is 2.13. The van der Waals surface area contributed by atoms with Crippen LogP contribution < -0.4 is 10.2 Å². The minimum Gasteiger partial charge on any atom is -0.507 e. The Balaban J connectivity index is 1.87. The highest BCUT2D eigenvalue weighted by Crippen LogP contribution is 2.29. The van der Waals surface area contributed by atoms with E-state index in [-0.39, 0.29) is 11.3 Å². The average molecular weight is 385 g/mol. The van der Waals surface area contributed by atoms with Gasteiger partial charge in [0.15, 0.2) is 0 Å². The number of fused-ring (bicyclic) bond motifs is 1. The highest BCUT2D eigenvalue weighted by atomic mass is 16.3. The molecule has 0 saturated heterocycles. The monoisotopic (exact) mass is 385 g/mol. The van der Waals surface area contributed by atoms with Crippen LogP contribution in [0.5, 0.6) is 5.75 Å². The molecule has 0 aliphatic rings. The van der Waals surface area contributed by atoms with Gasteiger partial charge in [0.2, 0.25) is 0 Å². The molecular weight excluding hydrogens is 362 g/mol. The van der Waals surface area contributed by atoms with Gasteiger partial charge >= 0.3 is 0 Å². The molecule has 5 heteroatoms. The molecule has 0 bridgehead atoms. The number of amides is 1. The van der Waals surface area contributed by atoms with Crippen molar-refractivity contribution in [1.29, 1.82) is 5.26 Å². The number of hydrogen-bond donors (Lipinski definition) is 2. The van der Waals surface area contributed by atoms with Gasteiger partial charge in [0.1, 0.15) is 17.4 Å². The Morgan fingerprint density at radius 3 is 2.41 bits per heavy atom. The van der Waals surface area contributed by atoms with E-state index in [9.17, 15) is 15.2 Å². The second-order valence-electron chi connectivity index (χ2n) is 6.56. The third-order valence-corrected chi connectivity index (χ3v) is 4.86. The number of carbonyl (C=O) groups is 1. The van der Waals surface area contributed by atoms with Crippen LogP contribution in [0, 0.1) is 11.3 Å². The lowest BCUT2D eigenvalue weighted by atomic mass is 10.0. The topological polar surface area (TPSA) is 76.4 Å². The number of nitrogens with zero attached hydrogens (tertiary/aromatic N) is 2. The lowest BCUT2D eigenvalue weighted by Crippen LogP contribution is -2.21. The fourth-order valence-electron chi connectivity index (χ4n) is 3.27. The first-order valence-electron chi connectivity index (χ1n) is 9.56. The Bertz CT molecular complexity index is 1090. The predicted octanol–water partition coefficient (Wildman–Crippen LogP) is 4.94. The number of hydrogen-bond acceptors (Lipinski definition) is 4. The second-order valence-corrected chi connectivity index (χ2v) is 6.56. The van der Waals surface area contributed by atoms with Gasteiger partial charge in [-0.3, -0.25) is 4.79 Å². The van der Waals surface area contributed by atoms with E-state index in [1.807, 2.05) is 54.6 Å². The van der Waals surface area contributed by atoms with E-state index in [1.54, 1.807) is 12.1 Å². The van der Waals surface area contributed by atoms with Crippen LogP contribution in [0.2, 0.25) is 0 Å². The molecule has 5 nitrogen and oxygen atoms in total. The summed E-state index contributed by atoms with van der Waals surface area (Å²) in [4.78, 5) is 14.8. The van der Waals surface area contributed by atoms with E-state index in [1.165, 1.54) is 6.08 Å². The summed E-state index contributed by atoms with van der Waals surface area (Å²) in [6.07, 6.45) is 1.43. The van der Waals surface area contributed by atoms with Gasteiger partial charge in [0, 0.05) is 30.0 Å². The van der Waals surface area contributed by atoms with Crippen LogP contribution in [-0.2, 0) is 4.79 Å². The Hall–Kier alpha value is -3.78. The second kappa shape index (κ2) is 8.94. The average Bonchev–Trinajstić information content (AvgIpc) is 2.75. The van der Waals surface area contributed by atoms with Crippen LogP contribution in [0.25, 0.3) is 16.8 Å². The highest BCUT2D eigenvalue weighted by molar-refractivity contribution is 6.11. The smallest absolute Gasteiger partial charge is 0.266 e. The van der Waals surface area contributed by atoms with Gasteiger partial charge in [-0.15, -0.1) is 0 Å². The first-order chi connectivity index (χ1) is 14.1. The minimum absolute atomic E-state index is 0.0211. The molecule has 0 radical (unpaired) electrons. The van der Waals surface area contributed by atoms with Crippen molar-refractivity contribution >= 4 is 34.1 Å². The van der Waals surface area contributed by atoms with Crippen molar-refractivity contribution in [2.24, 2.45) is 0 Å². The predicted molar refractivity (Wildman–Crippen MR) is 118 cm³/mol. The molecule has 3 aromatic rings. The van der Waals surface area contributed by atoms with E-state index in [4.69, 9.17) is 0 Å². The maximum atomic E-state index is 12.6. The largest absolute Gasteiger partial charge is 0.507 e. The molecule has 2 N–H and O–H groups in total. The lowest BCUT2D eigenvalue weighted by Gasteiger charge is -2.21. The summed E-state index contributed by atoms with van der Waals surface area (Å²) in [5.41, 5.74) is 2.05. The van der Waals surface area contributed by atoms with Crippen LogP contribution >= 0.6 is 0 Å². The lowest BCUT2D eigenvalue weighted by molar-refractivity contribution is -0.112. The van der Waals surface area contributed by atoms with Crippen molar-refractivity contribution in [3.63, 3.8) is 0 Å². The number of nitriles is 1. The van der Waals surface area contributed by atoms with E-state index >= 15 is 0 Å². The summed E-state index contributed by atoms with van der Waals surface area (Å²) < 4.78 is 0. The van der Waals surface area contributed by atoms with Crippen LogP contribution in [-0.4, -0.2) is 24.1 Å². The molecule has 0 spiro atoms.